The van der Waals surface area contributed by atoms with Gasteiger partial charge in [0.25, 0.3) is 0 Å². The van der Waals surface area contributed by atoms with Gasteiger partial charge in [-0.05, 0) is 18.2 Å². The fraction of sp³-hybridized carbons (Fsp3) is 0.0588. The van der Waals surface area contributed by atoms with Gasteiger partial charge in [0, 0.05) is 16.3 Å². The molecule has 0 amide bonds. The van der Waals surface area contributed by atoms with Crippen LogP contribution < -0.4 is 0 Å². The van der Waals surface area contributed by atoms with Gasteiger partial charge in [0.2, 0.25) is 0 Å². The van der Waals surface area contributed by atoms with Crippen LogP contribution in [0.2, 0.25) is 10.0 Å². The molecule has 0 atom stereocenters. The summed E-state index contributed by atoms with van der Waals surface area (Å²) >= 11 is 12.3. The molecule has 0 unspecified atom stereocenters. The van der Waals surface area contributed by atoms with Crippen molar-refractivity contribution in [3.63, 3.8) is 0 Å². The number of nitrogens with zero attached hydrogens (tertiary/aromatic N) is 1. The van der Waals surface area contributed by atoms with Crippen LogP contribution in [0.5, 0.6) is 0 Å². The molecule has 3 rings (SSSR count). The lowest BCUT2D eigenvalue weighted by Crippen LogP contribution is -2.01. The lowest BCUT2D eigenvalue weighted by atomic mass is 10.0. The summed E-state index contributed by atoms with van der Waals surface area (Å²) in [6, 6.07) is 9.66. The molecule has 23 heavy (non-hydrogen) atoms. The third-order valence-electron chi connectivity index (χ3n) is 3.47. The summed E-state index contributed by atoms with van der Waals surface area (Å²) in [5, 5.41) is 1.47. The lowest BCUT2D eigenvalue weighted by molar-refractivity contribution is 0.0601. The molecule has 1 heterocycles. The van der Waals surface area contributed by atoms with Crippen molar-refractivity contribution in [1.82, 2.24) is 4.98 Å². The van der Waals surface area contributed by atoms with E-state index in [0.29, 0.717) is 37.6 Å². The Morgan fingerprint density at radius 2 is 1.96 bits per heavy atom. The Kier molecular flexibility index (Phi) is 4.20. The number of benzene rings is 2. The van der Waals surface area contributed by atoms with Crippen LogP contribution in [0.15, 0.2) is 42.6 Å². The zero-order valence-corrected chi connectivity index (χ0v) is 13.5. The topological polar surface area (TPSA) is 39.2 Å². The second-order valence-corrected chi connectivity index (χ2v) is 5.59. The highest BCUT2D eigenvalue weighted by molar-refractivity contribution is 6.43. The molecule has 0 saturated carbocycles. The first-order valence-electron chi connectivity index (χ1n) is 6.64. The van der Waals surface area contributed by atoms with E-state index in [0.717, 1.165) is 6.20 Å². The van der Waals surface area contributed by atoms with Crippen LogP contribution in [0.4, 0.5) is 4.39 Å². The van der Waals surface area contributed by atoms with Gasteiger partial charge in [-0.3, -0.25) is 4.98 Å². The third kappa shape index (κ3) is 2.76. The Hall–Kier alpha value is -2.17. The summed E-state index contributed by atoms with van der Waals surface area (Å²) in [6.45, 7) is 0. The smallest absolute Gasteiger partial charge is 0.337 e. The van der Waals surface area contributed by atoms with Crippen LogP contribution in [-0.2, 0) is 4.74 Å². The lowest BCUT2D eigenvalue weighted by Gasteiger charge is -2.10. The number of rotatable bonds is 2. The Balaban J connectivity index is 2.34. The van der Waals surface area contributed by atoms with Gasteiger partial charge in [0.1, 0.15) is 5.82 Å². The van der Waals surface area contributed by atoms with Crippen molar-refractivity contribution in [2.45, 2.75) is 0 Å². The number of esters is 1. The Labute approximate surface area is 141 Å². The van der Waals surface area contributed by atoms with Gasteiger partial charge in [-0.1, -0.05) is 41.4 Å². The van der Waals surface area contributed by atoms with E-state index in [9.17, 15) is 9.18 Å². The molecule has 0 saturated heterocycles. The normalized spacial score (nSPS) is 10.8. The number of hydrogen-bond acceptors (Lipinski definition) is 3. The maximum absolute atomic E-state index is 14.0. The molecule has 0 bridgehead atoms. The van der Waals surface area contributed by atoms with Gasteiger partial charge >= 0.3 is 5.97 Å². The maximum Gasteiger partial charge on any atom is 0.337 e. The van der Waals surface area contributed by atoms with Crippen molar-refractivity contribution >= 4 is 39.9 Å². The monoisotopic (exact) mass is 349 g/mol. The second kappa shape index (κ2) is 6.14. The first-order chi connectivity index (χ1) is 11.0. The summed E-state index contributed by atoms with van der Waals surface area (Å²) in [6.07, 6.45) is 1.12. The van der Waals surface area contributed by atoms with Gasteiger partial charge in [-0.15, -0.1) is 0 Å². The molecule has 1 aromatic heterocycles. The summed E-state index contributed by atoms with van der Waals surface area (Å²) < 4.78 is 18.7. The average Bonchev–Trinajstić information content (AvgIpc) is 2.57. The van der Waals surface area contributed by atoms with E-state index in [1.54, 1.807) is 18.2 Å². The van der Waals surface area contributed by atoms with E-state index in [4.69, 9.17) is 27.9 Å². The molecule has 0 N–H and O–H groups in total. The van der Waals surface area contributed by atoms with Gasteiger partial charge < -0.3 is 4.74 Å². The van der Waals surface area contributed by atoms with E-state index < -0.39 is 11.8 Å². The van der Waals surface area contributed by atoms with Gasteiger partial charge in [-0.2, -0.15) is 0 Å². The molecule has 0 aliphatic carbocycles. The first kappa shape index (κ1) is 15.7. The minimum absolute atomic E-state index is 0.298. The van der Waals surface area contributed by atoms with Crippen LogP contribution in [0, 0.1) is 5.82 Å². The van der Waals surface area contributed by atoms with Gasteiger partial charge in [-0.25, -0.2) is 9.18 Å². The van der Waals surface area contributed by atoms with Crippen LogP contribution in [0.25, 0.3) is 22.0 Å². The quantitative estimate of drug-likeness (QED) is 0.601. The molecule has 0 aliphatic rings. The number of fused-ring (bicyclic) bond motifs is 1. The standard InChI is InChI=1S/C17H10Cl2FNO2/c1-23-17(22)9-5-6-10-12(7-9)16(21-8-14(10)20)11-3-2-4-13(18)15(11)19/h2-8H,1H3. The van der Waals surface area contributed by atoms with Crippen molar-refractivity contribution < 1.29 is 13.9 Å². The van der Waals surface area contributed by atoms with Crippen LogP contribution in [-0.4, -0.2) is 18.1 Å². The number of methoxy groups -OCH3 is 1. The molecule has 116 valence electrons. The highest BCUT2D eigenvalue weighted by Crippen LogP contribution is 2.36. The van der Waals surface area contributed by atoms with Crippen molar-refractivity contribution in [1.29, 1.82) is 0 Å². The number of carbonyl (C=O) groups is 1. The predicted molar refractivity (Wildman–Crippen MR) is 88.5 cm³/mol. The summed E-state index contributed by atoms with van der Waals surface area (Å²) in [5.41, 5.74) is 1.30. The largest absolute Gasteiger partial charge is 0.465 e. The van der Waals surface area contributed by atoms with Crippen molar-refractivity contribution in [3.8, 4) is 11.3 Å². The Bertz CT molecular complexity index is 928. The fourth-order valence-corrected chi connectivity index (χ4v) is 2.74. The van der Waals surface area contributed by atoms with Gasteiger partial charge in [0.05, 0.1) is 34.6 Å². The molecule has 0 radical (unpaired) electrons. The first-order valence-corrected chi connectivity index (χ1v) is 7.39. The number of carbonyl (C=O) groups excluding carboxylic acids is 1. The highest BCUT2D eigenvalue weighted by Gasteiger charge is 2.16. The number of pyridine rings is 1. The van der Waals surface area contributed by atoms with E-state index >= 15 is 0 Å². The second-order valence-electron chi connectivity index (χ2n) is 4.81. The minimum atomic E-state index is -0.515. The molecule has 0 spiro atoms. The maximum atomic E-state index is 14.0. The SMILES string of the molecule is COC(=O)c1ccc2c(F)cnc(-c3cccc(Cl)c3Cl)c2c1. The zero-order chi connectivity index (χ0) is 16.6. The molecule has 0 aliphatic heterocycles. The van der Waals surface area contributed by atoms with E-state index in [1.807, 2.05) is 0 Å². The molecule has 2 aromatic carbocycles. The summed E-state index contributed by atoms with van der Waals surface area (Å²) in [7, 11) is 1.28. The van der Waals surface area contributed by atoms with Crippen molar-refractivity contribution in [2.24, 2.45) is 0 Å². The molecular formula is C17H10Cl2FNO2. The molecule has 6 heteroatoms. The summed E-state index contributed by atoms with van der Waals surface area (Å²) in [5.74, 6) is -1.00. The zero-order valence-electron chi connectivity index (χ0n) is 11.9. The number of aromatic nitrogens is 1. The molecule has 3 aromatic rings. The highest BCUT2D eigenvalue weighted by atomic mass is 35.5. The Morgan fingerprint density at radius 3 is 2.70 bits per heavy atom. The molecular weight excluding hydrogens is 340 g/mol. The van der Waals surface area contributed by atoms with Gasteiger partial charge in [0.15, 0.2) is 0 Å². The number of ether oxygens (including phenoxy) is 1. The van der Waals surface area contributed by atoms with Crippen LogP contribution in [0.1, 0.15) is 10.4 Å². The average molecular weight is 350 g/mol. The van der Waals surface area contributed by atoms with Crippen LogP contribution in [0.3, 0.4) is 0 Å². The van der Waals surface area contributed by atoms with Crippen molar-refractivity contribution in [3.05, 3.63) is 64.0 Å². The predicted octanol–water partition coefficient (Wildman–Crippen LogP) is 5.13. The van der Waals surface area contributed by atoms with E-state index in [2.05, 4.69) is 4.98 Å². The third-order valence-corrected chi connectivity index (χ3v) is 4.29. The number of halogens is 3. The Morgan fingerprint density at radius 1 is 1.17 bits per heavy atom. The summed E-state index contributed by atoms with van der Waals surface area (Å²) in [4.78, 5) is 15.9. The molecule has 3 nitrogen and oxygen atoms in total. The van der Waals surface area contributed by atoms with E-state index in [1.165, 1.54) is 25.3 Å². The van der Waals surface area contributed by atoms with Crippen LogP contribution >= 0.6 is 23.2 Å². The number of hydrogen-bond donors (Lipinski definition) is 0. The molecule has 0 fully saturated rings. The minimum Gasteiger partial charge on any atom is -0.465 e. The fourth-order valence-electron chi connectivity index (χ4n) is 2.35. The van der Waals surface area contributed by atoms with Crippen molar-refractivity contribution in [2.75, 3.05) is 7.11 Å². The van der Waals surface area contributed by atoms with E-state index in [-0.39, 0.29) is 0 Å².